The van der Waals surface area contributed by atoms with E-state index < -0.39 is 0 Å². The summed E-state index contributed by atoms with van der Waals surface area (Å²) in [5.74, 6) is 1.75. The zero-order chi connectivity index (χ0) is 71.2. The number of allylic oxidation sites excluding steroid dienone is 4. The van der Waals surface area contributed by atoms with E-state index >= 15 is 0 Å². The maximum Gasteiger partial charge on any atom is 4.00 e. The van der Waals surface area contributed by atoms with Crippen molar-refractivity contribution in [2.24, 2.45) is 4.99 Å². The number of hydrazine groups is 1. The molecule has 10 aromatic carbocycles. The van der Waals surface area contributed by atoms with Crippen molar-refractivity contribution in [2.75, 3.05) is 33.6 Å². The normalized spacial score (nSPS) is 10.8. The Morgan fingerprint density at radius 2 is 0.646 bits per heavy atom. The first kappa shape index (κ1) is 88.3. The predicted molar refractivity (Wildman–Crippen MR) is 425 cm³/mol. The average molecular weight is 1640 g/mol. The smallest absolute Gasteiger partial charge is 0.662 e. The Hall–Kier alpha value is -8.76. The monoisotopic (exact) mass is 1640 g/mol. The Morgan fingerprint density at radius 1 is 0.364 bits per heavy atom. The van der Waals surface area contributed by atoms with Gasteiger partial charge in [-0.3, -0.25) is 0 Å². The van der Waals surface area contributed by atoms with E-state index in [9.17, 15) is 0 Å². The molecule has 0 aromatic heterocycles. The number of hydrogen-bond donors (Lipinski definition) is 1. The second-order valence-electron chi connectivity index (χ2n) is 24.3. The van der Waals surface area contributed by atoms with E-state index in [4.69, 9.17) is 10.3 Å². The minimum absolute atomic E-state index is 0. The van der Waals surface area contributed by atoms with Crippen molar-refractivity contribution >= 4 is 17.1 Å². The van der Waals surface area contributed by atoms with Gasteiger partial charge in [0.15, 0.2) is 0 Å². The Labute approximate surface area is 638 Å². The van der Waals surface area contributed by atoms with Gasteiger partial charge in [0.25, 0.3) is 0 Å². The van der Waals surface area contributed by atoms with Crippen LogP contribution in [0.4, 0.5) is 17.1 Å². The summed E-state index contributed by atoms with van der Waals surface area (Å²) in [6, 6.07) is 92.4. The van der Waals surface area contributed by atoms with Gasteiger partial charge in [0, 0.05) is 39.9 Å². The molecule has 0 spiro atoms. The van der Waals surface area contributed by atoms with Crippen LogP contribution < -0.4 is 10.8 Å². The van der Waals surface area contributed by atoms with Crippen LogP contribution in [-0.2, 0) is 51.7 Å². The second-order valence-corrected chi connectivity index (χ2v) is 24.3. The molecule has 0 bridgehead atoms. The molecule has 1 aliphatic carbocycles. The molecule has 10 aromatic rings. The van der Waals surface area contributed by atoms with Gasteiger partial charge in [-0.1, -0.05) is 188 Å². The minimum atomic E-state index is 0. The van der Waals surface area contributed by atoms with Crippen molar-refractivity contribution in [3.05, 3.63) is 441 Å². The van der Waals surface area contributed by atoms with Gasteiger partial charge in [-0.25, -0.2) is 10.0 Å². The molecule has 0 fully saturated rings. The summed E-state index contributed by atoms with van der Waals surface area (Å²) in [4.78, 5) is 5.09. The quantitative estimate of drug-likeness (QED) is 0.0798. The maximum absolute atomic E-state index is 5.11. The molecule has 6 nitrogen and oxygen atoms in total. The largest absolute Gasteiger partial charge is 4.00 e. The van der Waals surface area contributed by atoms with Crippen molar-refractivity contribution in [2.45, 2.75) is 85.5 Å². The standard InChI is InChI=1S/2C21H29N3.7C7H7.2Hf/c2*1-15(2)17-11-10-12-18(16(3)4)21(17)22-19-13-8-7-9-14-20(19)23-24(5)6;7*1-7-5-3-2-4-6-7;;/h7-12,14-16H,13H2,1-6H3;7-16H,1-6H3,(H,22,23);7*2-6H,1H2;;/q-2;;7*-1;;+4. The van der Waals surface area contributed by atoms with Gasteiger partial charge in [0.05, 0.1) is 16.7 Å². The number of rotatable bonds is 11. The van der Waals surface area contributed by atoms with Crippen LogP contribution in [0.3, 0.4) is 0 Å². The van der Waals surface area contributed by atoms with Gasteiger partial charge in [-0.05, 0) is 67.4 Å². The molecule has 0 heterocycles. The van der Waals surface area contributed by atoms with Crippen molar-refractivity contribution in [3.63, 3.8) is 0 Å². The van der Waals surface area contributed by atoms with E-state index in [1.807, 2.05) is 281 Å². The van der Waals surface area contributed by atoms with Crippen molar-refractivity contribution in [3.8, 4) is 0 Å². The van der Waals surface area contributed by atoms with Crippen LogP contribution in [0.15, 0.2) is 320 Å². The maximum atomic E-state index is 5.11. The van der Waals surface area contributed by atoms with Gasteiger partial charge in [-0.2, -0.15) is 178 Å². The summed E-state index contributed by atoms with van der Waals surface area (Å²) < 4.78 is 0. The molecule has 0 saturated heterocycles. The van der Waals surface area contributed by atoms with E-state index in [2.05, 4.69) is 175 Å². The van der Waals surface area contributed by atoms with Crippen LogP contribution >= 0.6 is 0 Å². The summed E-state index contributed by atoms with van der Waals surface area (Å²) in [6.45, 7) is 43.9. The van der Waals surface area contributed by atoms with E-state index in [1.165, 1.54) is 22.3 Å². The van der Waals surface area contributed by atoms with Crippen LogP contribution in [0.1, 0.15) is 147 Å². The van der Waals surface area contributed by atoms with Crippen LogP contribution in [0.2, 0.25) is 0 Å². The van der Waals surface area contributed by atoms with Gasteiger partial charge in [-0.15, -0.1) is 96.3 Å². The first-order valence-corrected chi connectivity index (χ1v) is 33.2. The number of nitrogens with one attached hydrogen (secondary N) is 1. The summed E-state index contributed by atoms with van der Waals surface area (Å²) >= 11 is 0. The summed E-state index contributed by atoms with van der Waals surface area (Å²) in [5, 5.41) is 9.83. The van der Waals surface area contributed by atoms with E-state index in [1.54, 1.807) is 0 Å². The molecule has 99 heavy (non-hydrogen) atoms. The van der Waals surface area contributed by atoms with E-state index in [-0.39, 0.29) is 51.7 Å². The third-order valence-electron chi connectivity index (χ3n) is 13.8. The van der Waals surface area contributed by atoms with Gasteiger partial charge in [0.2, 0.25) is 0 Å². The van der Waals surface area contributed by atoms with Crippen molar-refractivity contribution in [1.29, 1.82) is 0 Å². The fourth-order valence-electron chi connectivity index (χ4n) is 8.87. The Balaban J connectivity index is 0.000000594. The van der Waals surface area contributed by atoms with Crippen molar-refractivity contribution < 1.29 is 51.7 Å². The Bertz CT molecular complexity index is 3390. The SMILES string of the molecule is CC(C)c1cccc(C(C)C)c1N=c1cccccc1NN(C)C.CC(C)c1cccc(C(C)C)c1[N-]C1=C([N-]N(C)C)C=CC=CC1.[CH2-]c1ccccc1.[CH2-]c1ccccc1.[CH2-]c1ccccc1.[CH2-]c1ccccc1.[CH2-]c1ccccc1.[CH2-]c1ccccc1.[CH2-]c1ccccc1.[Hf+4].[Hf]. The van der Waals surface area contributed by atoms with E-state index in [0.29, 0.717) is 23.7 Å². The molecule has 0 atom stereocenters. The average Bonchev–Trinajstić information content (AvgIpc) is 1.47. The summed E-state index contributed by atoms with van der Waals surface area (Å²) in [5.41, 5.74) is 25.8. The van der Waals surface area contributed by atoms with Gasteiger partial charge >= 0.3 is 25.8 Å². The minimum Gasteiger partial charge on any atom is -0.662 e. The third kappa shape index (κ3) is 39.4. The topological polar surface area (TPSA) is 59.1 Å². The molecule has 0 amide bonds. The number of nitrogens with zero attached hydrogens (tertiary/aromatic N) is 5. The molecule has 1 aliphatic rings. The Kier molecular flexibility index (Phi) is 46.6. The van der Waals surface area contributed by atoms with Crippen LogP contribution in [-0.4, -0.2) is 38.2 Å². The molecule has 8 heteroatoms. The molecule has 1 N–H and O–H groups in total. The number of hydrogen-bond acceptors (Lipinski definition) is 4. The van der Waals surface area contributed by atoms with Gasteiger partial charge in [0.1, 0.15) is 0 Å². The summed E-state index contributed by atoms with van der Waals surface area (Å²) in [6.07, 6.45) is 9.06. The van der Waals surface area contributed by atoms with Gasteiger partial charge < -0.3 is 21.2 Å². The third-order valence-corrected chi connectivity index (χ3v) is 13.8. The van der Waals surface area contributed by atoms with Crippen LogP contribution in [0.5, 0.6) is 0 Å². The molecule has 0 aliphatic heterocycles. The molecule has 0 radical (unpaired) electrons. The molecular weight excluding hydrogens is 1530 g/mol. The zero-order valence-corrected chi connectivity index (χ0v) is 68.3. The predicted octanol–water partition coefficient (Wildman–Crippen LogP) is 24.6. The fraction of sp³-hybridized carbons (Fsp3) is 0.187. The van der Waals surface area contributed by atoms with E-state index in [0.717, 1.165) is 79.2 Å². The first-order chi connectivity index (χ1) is 46.6. The molecule has 0 saturated carbocycles. The molecule has 0 unspecified atom stereocenters. The first-order valence-electron chi connectivity index (χ1n) is 33.2. The number of para-hydroxylation sites is 2. The molecular formula is C91H107Hf2N6-5. The fourth-order valence-corrected chi connectivity index (χ4v) is 8.87. The molecule has 11 rings (SSSR count). The number of benzene rings is 9. The zero-order valence-electron chi connectivity index (χ0n) is 61.1. The second kappa shape index (κ2) is 52.3. The Morgan fingerprint density at radius 3 is 0.909 bits per heavy atom. The molecule has 514 valence electrons. The van der Waals surface area contributed by atoms with Crippen molar-refractivity contribution in [1.82, 2.24) is 10.0 Å². The van der Waals surface area contributed by atoms with Crippen LogP contribution in [0.25, 0.3) is 10.7 Å². The summed E-state index contributed by atoms with van der Waals surface area (Å²) in [7, 11) is 7.85. The number of anilines is 1. The van der Waals surface area contributed by atoms with Crippen LogP contribution in [0, 0.1) is 48.5 Å².